The molecule has 2 N–H and O–H groups in total. The Bertz CT molecular complexity index is 117. The van der Waals surface area contributed by atoms with Crippen LogP contribution in [-0.4, -0.2) is 24.8 Å². The first-order valence-electron chi connectivity index (χ1n) is 6.04. The Morgan fingerprint density at radius 2 is 1.64 bits per heavy atom. The summed E-state index contributed by atoms with van der Waals surface area (Å²) < 4.78 is 0. The van der Waals surface area contributed by atoms with Crippen LogP contribution in [0.5, 0.6) is 0 Å². The van der Waals surface area contributed by atoms with Crippen LogP contribution in [0.3, 0.4) is 0 Å². The molecule has 0 bridgehead atoms. The minimum atomic E-state index is 0.250. The van der Waals surface area contributed by atoms with Gasteiger partial charge < -0.3 is 10.4 Å². The highest BCUT2D eigenvalue weighted by atomic mass is 16.2. The lowest BCUT2D eigenvalue weighted by atomic mass is 9.88. The quantitative estimate of drug-likeness (QED) is 0.683. The molecule has 2 unspecified atom stereocenters. The molecule has 0 aromatic carbocycles. The highest BCUT2D eigenvalue weighted by Crippen LogP contribution is 2.21. The smallest absolute Gasteiger partial charge is 0.0402 e. The molecule has 1 aliphatic rings. The van der Waals surface area contributed by atoms with Crippen molar-refractivity contribution in [3.05, 3.63) is 0 Å². The van der Waals surface area contributed by atoms with Gasteiger partial charge in [0.25, 0.3) is 0 Å². The van der Waals surface area contributed by atoms with Gasteiger partial charge in [0.1, 0.15) is 0 Å². The number of nitrogens with one attached hydrogen (secondary N) is 1. The predicted molar refractivity (Wildman–Crippen MR) is 62.5 cm³/mol. The highest BCUT2D eigenvalue weighted by Gasteiger charge is 2.16. The van der Waals surface area contributed by atoms with Crippen LogP contribution in [0.2, 0.25) is 0 Å². The van der Waals surface area contributed by atoms with Gasteiger partial charge in [0, 0.05) is 12.6 Å². The Balaban J connectivity index is 0.000000500. The summed E-state index contributed by atoms with van der Waals surface area (Å²) in [6.45, 7) is 4.31. The Morgan fingerprint density at radius 1 is 1.14 bits per heavy atom. The third-order valence-electron chi connectivity index (χ3n) is 2.98. The molecule has 1 rings (SSSR count). The van der Waals surface area contributed by atoms with E-state index in [1.807, 2.05) is 0 Å². The van der Waals surface area contributed by atoms with E-state index >= 15 is 0 Å². The number of rotatable bonds is 1. The van der Waals surface area contributed by atoms with Crippen molar-refractivity contribution in [2.45, 2.75) is 58.4 Å². The molecule has 2 atom stereocenters. The molecule has 2 nitrogen and oxygen atoms in total. The van der Waals surface area contributed by atoms with E-state index < -0.39 is 0 Å². The van der Waals surface area contributed by atoms with Gasteiger partial charge in [0.15, 0.2) is 0 Å². The van der Waals surface area contributed by atoms with Gasteiger partial charge in [-0.15, -0.1) is 0 Å². The molecule has 2 heteroatoms. The van der Waals surface area contributed by atoms with E-state index in [1.165, 1.54) is 38.5 Å². The van der Waals surface area contributed by atoms with E-state index in [1.54, 1.807) is 6.92 Å². The fourth-order valence-electron chi connectivity index (χ4n) is 2.10. The molecule has 0 spiro atoms. The van der Waals surface area contributed by atoms with Gasteiger partial charge in [0.2, 0.25) is 0 Å². The third kappa shape index (κ3) is 6.39. The van der Waals surface area contributed by atoms with Gasteiger partial charge in [-0.25, -0.2) is 0 Å². The number of aliphatic hydroxyl groups is 1. The Kier molecular flexibility index (Phi) is 9.42. The number of hydrogen-bond donors (Lipinski definition) is 2. The Labute approximate surface area is 89.1 Å². The lowest BCUT2D eigenvalue weighted by molar-refractivity contribution is 0.316. The summed E-state index contributed by atoms with van der Waals surface area (Å²) in [5, 5.41) is 11.0. The van der Waals surface area contributed by atoms with Crippen molar-refractivity contribution in [3.8, 4) is 0 Å². The number of aliphatic hydroxyl groups excluding tert-OH is 1. The Hall–Kier alpha value is -0.0800. The topological polar surface area (TPSA) is 32.3 Å². The average Bonchev–Trinajstić information content (AvgIpc) is 2.14. The third-order valence-corrected chi connectivity index (χ3v) is 2.98. The zero-order valence-corrected chi connectivity index (χ0v) is 10.1. The fraction of sp³-hybridized carbons (Fsp3) is 1.00. The summed E-state index contributed by atoms with van der Waals surface area (Å²) in [6.07, 6.45) is 8.59. The first-order chi connectivity index (χ1) is 6.76. The second-order valence-corrected chi connectivity index (χ2v) is 4.18. The molecule has 0 radical (unpaired) electrons. The summed E-state index contributed by atoms with van der Waals surface area (Å²) in [5.74, 6) is 0.889. The fourth-order valence-corrected chi connectivity index (χ4v) is 2.10. The largest absolute Gasteiger partial charge is 0.397 e. The molecule has 1 aliphatic carbocycles. The van der Waals surface area contributed by atoms with Crippen LogP contribution in [0.4, 0.5) is 0 Å². The van der Waals surface area contributed by atoms with E-state index in [2.05, 4.69) is 19.3 Å². The monoisotopic (exact) mass is 201 g/mol. The second-order valence-electron chi connectivity index (χ2n) is 4.18. The molecular weight excluding hydrogens is 174 g/mol. The minimum absolute atomic E-state index is 0.250. The first kappa shape index (κ1) is 13.9. The molecule has 86 valence electrons. The zero-order chi connectivity index (χ0) is 10.8. The van der Waals surface area contributed by atoms with Gasteiger partial charge in [-0.05, 0) is 32.7 Å². The highest BCUT2D eigenvalue weighted by molar-refractivity contribution is 4.73. The summed E-state index contributed by atoms with van der Waals surface area (Å²) in [5.41, 5.74) is 0. The zero-order valence-electron chi connectivity index (χ0n) is 10.1. The molecule has 0 amide bonds. The van der Waals surface area contributed by atoms with E-state index in [9.17, 15) is 0 Å². The van der Waals surface area contributed by atoms with Crippen LogP contribution < -0.4 is 5.32 Å². The second kappa shape index (κ2) is 9.47. The molecule has 0 saturated heterocycles. The maximum Gasteiger partial charge on any atom is 0.0402 e. The SMILES string of the molecule is CCO.CNC1CCCCCCC1C. The first-order valence-corrected chi connectivity index (χ1v) is 6.04. The van der Waals surface area contributed by atoms with E-state index in [4.69, 9.17) is 5.11 Å². The normalized spacial score (nSPS) is 28.3. The maximum absolute atomic E-state index is 7.57. The van der Waals surface area contributed by atoms with Gasteiger partial charge in [-0.3, -0.25) is 0 Å². The van der Waals surface area contributed by atoms with Crippen LogP contribution in [0.25, 0.3) is 0 Å². The van der Waals surface area contributed by atoms with E-state index in [0.29, 0.717) is 0 Å². The molecule has 0 heterocycles. The summed E-state index contributed by atoms with van der Waals surface area (Å²) in [4.78, 5) is 0. The molecule has 0 aromatic rings. The molecule has 14 heavy (non-hydrogen) atoms. The van der Waals surface area contributed by atoms with Crippen LogP contribution in [0.1, 0.15) is 52.4 Å². The Morgan fingerprint density at radius 3 is 2.14 bits per heavy atom. The van der Waals surface area contributed by atoms with Crippen molar-refractivity contribution < 1.29 is 5.11 Å². The van der Waals surface area contributed by atoms with Crippen molar-refractivity contribution in [1.82, 2.24) is 5.32 Å². The summed E-state index contributed by atoms with van der Waals surface area (Å²) in [7, 11) is 2.10. The van der Waals surface area contributed by atoms with Crippen LogP contribution >= 0.6 is 0 Å². The van der Waals surface area contributed by atoms with Crippen LogP contribution in [-0.2, 0) is 0 Å². The molecule has 1 saturated carbocycles. The molecule has 0 aromatic heterocycles. The van der Waals surface area contributed by atoms with Gasteiger partial charge >= 0.3 is 0 Å². The van der Waals surface area contributed by atoms with Crippen molar-refractivity contribution in [1.29, 1.82) is 0 Å². The van der Waals surface area contributed by atoms with Crippen molar-refractivity contribution >= 4 is 0 Å². The summed E-state index contributed by atoms with van der Waals surface area (Å²) in [6, 6.07) is 0.787. The molecule has 1 fully saturated rings. The lowest BCUT2D eigenvalue weighted by Gasteiger charge is -2.25. The van der Waals surface area contributed by atoms with Crippen LogP contribution in [0, 0.1) is 5.92 Å². The number of hydrogen-bond acceptors (Lipinski definition) is 2. The summed E-state index contributed by atoms with van der Waals surface area (Å²) >= 11 is 0. The standard InChI is InChI=1S/C10H21N.C2H6O/c1-9-7-5-3-4-6-8-10(9)11-2;1-2-3/h9-11H,3-8H2,1-2H3;3H,2H2,1H3. The molecule has 0 aliphatic heterocycles. The van der Waals surface area contributed by atoms with Gasteiger partial charge in [-0.2, -0.15) is 0 Å². The van der Waals surface area contributed by atoms with Gasteiger partial charge in [0.05, 0.1) is 0 Å². The predicted octanol–water partition coefficient (Wildman–Crippen LogP) is 2.56. The maximum atomic E-state index is 7.57. The molecular formula is C12H27NO. The van der Waals surface area contributed by atoms with Gasteiger partial charge in [-0.1, -0.05) is 32.6 Å². The van der Waals surface area contributed by atoms with Crippen molar-refractivity contribution in [3.63, 3.8) is 0 Å². The van der Waals surface area contributed by atoms with Crippen LogP contribution in [0.15, 0.2) is 0 Å². The van der Waals surface area contributed by atoms with Crippen molar-refractivity contribution in [2.75, 3.05) is 13.7 Å². The van der Waals surface area contributed by atoms with E-state index in [0.717, 1.165) is 12.0 Å². The lowest BCUT2D eigenvalue weighted by Crippen LogP contribution is -2.32. The average molecular weight is 201 g/mol. The van der Waals surface area contributed by atoms with Crippen molar-refractivity contribution in [2.24, 2.45) is 5.92 Å². The van der Waals surface area contributed by atoms with E-state index in [-0.39, 0.29) is 6.61 Å². The minimum Gasteiger partial charge on any atom is -0.397 e.